The van der Waals surface area contributed by atoms with Crippen LogP contribution in [0.5, 0.6) is 0 Å². The second-order valence-corrected chi connectivity index (χ2v) is 5.19. The maximum absolute atomic E-state index is 11.7. The van der Waals surface area contributed by atoms with Crippen molar-refractivity contribution in [2.24, 2.45) is 10.7 Å². The maximum Gasteiger partial charge on any atom is 0.345 e. The second kappa shape index (κ2) is 4.26. The van der Waals surface area contributed by atoms with Crippen molar-refractivity contribution in [3.63, 3.8) is 0 Å². The van der Waals surface area contributed by atoms with E-state index in [0.717, 1.165) is 25.9 Å². The summed E-state index contributed by atoms with van der Waals surface area (Å²) in [6, 6.07) is 10.1. The maximum atomic E-state index is 11.7. The van der Waals surface area contributed by atoms with Crippen molar-refractivity contribution in [3.8, 4) is 0 Å². The van der Waals surface area contributed by atoms with Gasteiger partial charge in [0.05, 0.1) is 0 Å². The minimum Gasteiger partial charge on any atom is -0.385 e. The molecule has 0 unspecified atom stereocenters. The van der Waals surface area contributed by atoms with Crippen LogP contribution in [0.15, 0.2) is 35.3 Å². The van der Waals surface area contributed by atoms with E-state index in [4.69, 9.17) is 5.73 Å². The minimum absolute atomic E-state index is 0.217. The molecule has 19 heavy (non-hydrogen) atoms. The number of benzene rings is 1. The number of carbonyl (C=O) groups is 1. The molecule has 1 aromatic rings. The van der Waals surface area contributed by atoms with Gasteiger partial charge in [-0.15, -0.1) is 0 Å². The number of likely N-dealkylation sites (N-methyl/N-ethyl adjacent to an activating group) is 1. The Morgan fingerprint density at radius 1 is 1.21 bits per heavy atom. The van der Waals surface area contributed by atoms with Gasteiger partial charge in [0.1, 0.15) is 11.4 Å². The van der Waals surface area contributed by atoms with Gasteiger partial charge in [-0.05, 0) is 25.0 Å². The number of rotatable bonds is 1. The Hall–Kier alpha value is -2.04. The van der Waals surface area contributed by atoms with Crippen LogP contribution in [0.25, 0.3) is 0 Å². The Kier molecular flexibility index (Phi) is 2.69. The van der Waals surface area contributed by atoms with Gasteiger partial charge < -0.3 is 15.5 Å². The number of amides is 2. The summed E-state index contributed by atoms with van der Waals surface area (Å²) in [7, 11) is 1.80. The van der Waals surface area contributed by atoms with Crippen LogP contribution in [0.4, 0.5) is 10.5 Å². The Morgan fingerprint density at radius 3 is 2.37 bits per heavy atom. The molecule has 2 aliphatic rings. The summed E-state index contributed by atoms with van der Waals surface area (Å²) >= 11 is 0. The highest BCUT2D eigenvalue weighted by atomic mass is 16.2. The van der Waals surface area contributed by atoms with Gasteiger partial charge in [-0.3, -0.25) is 0 Å². The van der Waals surface area contributed by atoms with E-state index in [-0.39, 0.29) is 11.6 Å². The molecule has 1 spiro atoms. The van der Waals surface area contributed by atoms with E-state index in [2.05, 4.69) is 22.0 Å². The summed E-state index contributed by atoms with van der Waals surface area (Å²) in [4.78, 5) is 19.6. The van der Waals surface area contributed by atoms with E-state index in [0.29, 0.717) is 5.84 Å². The first-order chi connectivity index (χ1) is 9.13. The summed E-state index contributed by atoms with van der Waals surface area (Å²) in [6.45, 7) is 1.77. The van der Waals surface area contributed by atoms with Crippen molar-refractivity contribution in [3.05, 3.63) is 30.3 Å². The third kappa shape index (κ3) is 1.77. The van der Waals surface area contributed by atoms with Crippen molar-refractivity contribution in [1.82, 2.24) is 4.90 Å². The number of nitrogens with two attached hydrogens (primary N) is 1. The van der Waals surface area contributed by atoms with Gasteiger partial charge in [0.25, 0.3) is 0 Å². The first kappa shape index (κ1) is 12.0. The number of aliphatic imine (C=N–C) groups is 1. The number of amidine groups is 1. The number of carbonyl (C=O) groups excluding carboxylic acids is 1. The molecule has 0 aromatic heterocycles. The molecule has 100 valence electrons. The highest BCUT2D eigenvalue weighted by Crippen LogP contribution is 2.34. The van der Waals surface area contributed by atoms with E-state index >= 15 is 0 Å². The molecular formula is C14H18N4O. The summed E-state index contributed by atoms with van der Waals surface area (Å²) in [5, 5.41) is 0. The molecule has 1 fully saturated rings. The number of urea groups is 1. The molecule has 0 saturated carbocycles. The average molecular weight is 258 g/mol. The molecule has 0 radical (unpaired) electrons. The first-order valence-corrected chi connectivity index (χ1v) is 6.56. The fraction of sp³-hybridized carbons (Fsp3) is 0.429. The van der Waals surface area contributed by atoms with Gasteiger partial charge in [0.15, 0.2) is 0 Å². The summed E-state index contributed by atoms with van der Waals surface area (Å²) < 4.78 is 0. The number of nitrogens with zero attached hydrogens (tertiary/aromatic N) is 3. The quantitative estimate of drug-likeness (QED) is 0.829. The zero-order chi connectivity index (χ0) is 13.5. The predicted molar refractivity (Wildman–Crippen MR) is 75.4 cm³/mol. The molecule has 0 atom stereocenters. The molecule has 1 saturated heterocycles. The summed E-state index contributed by atoms with van der Waals surface area (Å²) in [5.41, 5.74) is 6.84. The van der Waals surface area contributed by atoms with Crippen molar-refractivity contribution in [2.75, 3.05) is 25.0 Å². The molecule has 3 rings (SSSR count). The van der Waals surface area contributed by atoms with Crippen molar-refractivity contribution in [2.45, 2.75) is 18.4 Å². The zero-order valence-electron chi connectivity index (χ0n) is 11.0. The second-order valence-electron chi connectivity index (χ2n) is 5.19. The topological polar surface area (TPSA) is 61.9 Å². The lowest BCUT2D eigenvalue weighted by Crippen LogP contribution is -2.58. The van der Waals surface area contributed by atoms with Crippen molar-refractivity contribution >= 4 is 17.6 Å². The van der Waals surface area contributed by atoms with Gasteiger partial charge in [0, 0.05) is 25.8 Å². The van der Waals surface area contributed by atoms with E-state index in [1.165, 1.54) is 5.69 Å². The first-order valence-electron chi connectivity index (χ1n) is 6.56. The van der Waals surface area contributed by atoms with Crippen LogP contribution in [0, 0.1) is 0 Å². The van der Waals surface area contributed by atoms with Crippen LogP contribution in [0.1, 0.15) is 12.8 Å². The molecule has 2 amide bonds. The van der Waals surface area contributed by atoms with Gasteiger partial charge in [-0.2, -0.15) is 4.99 Å². The van der Waals surface area contributed by atoms with Crippen molar-refractivity contribution < 1.29 is 4.79 Å². The van der Waals surface area contributed by atoms with Gasteiger partial charge in [0.2, 0.25) is 0 Å². The molecular weight excluding hydrogens is 240 g/mol. The smallest absolute Gasteiger partial charge is 0.345 e. The molecule has 2 N–H and O–H groups in total. The van der Waals surface area contributed by atoms with Gasteiger partial charge in [-0.25, -0.2) is 4.79 Å². The molecule has 2 heterocycles. The largest absolute Gasteiger partial charge is 0.385 e. The Labute approximate surface area is 112 Å². The average Bonchev–Trinajstić information content (AvgIpc) is 2.65. The number of para-hydroxylation sites is 1. The molecule has 0 bridgehead atoms. The molecule has 5 heteroatoms. The lowest BCUT2D eigenvalue weighted by molar-refractivity contribution is 0.174. The van der Waals surface area contributed by atoms with Crippen LogP contribution in [0.3, 0.4) is 0 Å². The summed E-state index contributed by atoms with van der Waals surface area (Å²) in [5.74, 6) is 0.479. The third-order valence-electron chi connectivity index (χ3n) is 4.33. The Balaban J connectivity index is 1.77. The van der Waals surface area contributed by atoms with Crippen LogP contribution < -0.4 is 10.6 Å². The molecule has 0 aliphatic carbocycles. The lowest BCUT2D eigenvalue weighted by Gasteiger charge is -2.43. The standard InChI is InChI=1S/C14H18N4O/c1-17-13(19)16-12(15)14(17)7-9-18(10-8-14)11-5-3-2-4-6-11/h2-6H,7-10H2,1H3,(H2,15,16,19). The summed E-state index contributed by atoms with van der Waals surface area (Å²) in [6.07, 6.45) is 1.67. The minimum atomic E-state index is -0.359. The monoisotopic (exact) mass is 258 g/mol. The van der Waals surface area contributed by atoms with Crippen molar-refractivity contribution in [1.29, 1.82) is 0 Å². The SMILES string of the molecule is CN1C(=O)N=C(N)C12CCN(c1ccccc1)CC2. The zero-order valence-corrected chi connectivity index (χ0v) is 11.0. The normalized spacial score (nSPS) is 21.9. The molecule has 5 nitrogen and oxygen atoms in total. The van der Waals surface area contributed by atoms with Crippen LogP contribution in [0.2, 0.25) is 0 Å². The third-order valence-corrected chi connectivity index (χ3v) is 4.33. The van der Waals surface area contributed by atoms with Gasteiger partial charge in [-0.1, -0.05) is 18.2 Å². The van der Waals surface area contributed by atoms with Crippen LogP contribution in [-0.4, -0.2) is 42.4 Å². The highest BCUT2D eigenvalue weighted by molar-refractivity contribution is 6.05. The molecule has 2 aliphatic heterocycles. The highest BCUT2D eigenvalue weighted by Gasteiger charge is 2.48. The van der Waals surface area contributed by atoms with E-state index in [9.17, 15) is 4.79 Å². The van der Waals surface area contributed by atoms with Crippen LogP contribution in [-0.2, 0) is 0 Å². The number of hydrogen-bond donors (Lipinski definition) is 1. The van der Waals surface area contributed by atoms with Crippen LogP contribution >= 0.6 is 0 Å². The predicted octanol–water partition coefficient (Wildman–Crippen LogP) is 1.45. The number of piperidine rings is 1. The fourth-order valence-corrected chi connectivity index (χ4v) is 3.00. The Bertz CT molecular complexity index is 518. The Morgan fingerprint density at radius 2 is 1.84 bits per heavy atom. The fourth-order valence-electron chi connectivity index (χ4n) is 3.00. The van der Waals surface area contributed by atoms with E-state index < -0.39 is 0 Å². The number of anilines is 1. The lowest BCUT2D eigenvalue weighted by atomic mass is 9.85. The van der Waals surface area contributed by atoms with E-state index in [1.54, 1.807) is 11.9 Å². The van der Waals surface area contributed by atoms with Gasteiger partial charge >= 0.3 is 6.03 Å². The van der Waals surface area contributed by atoms with E-state index in [1.807, 2.05) is 18.2 Å². The molecule has 1 aromatic carbocycles. The number of hydrogen-bond acceptors (Lipinski definition) is 3.